The molecule has 15 heavy (non-hydrogen) atoms. The molecule has 1 amide bonds. The van der Waals surface area contributed by atoms with Gasteiger partial charge in [0, 0.05) is 24.9 Å². The van der Waals surface area contributed by atoms with Gasteiger partial charge >= 0.3 is 0 Å². The van der Waals surface area contributed by atoms with E-state index in [1.54, 1.807) is 16.7 Å². The molecule has 0 aromatic rings. The highest BCUT2D eigenvalue weighted by atomic mass is 35.5. The Morgan fingerprint density at radius 1 is 1.40 bits per heavy atom. The normalized spacial score (nSPS) is 10.7. The molecule has 0 bridgehead atoms. The van der Waals surface area contributed by atoms with Gasteiger partial charge in [0.05, 0.1) is 5.75 Å². The van der Waals surface area contributed by atoms with Crippen molar-refractivity contribution in [1.29, 1.82) is 0 Å². The first-order valence-electron chi connectivity index (χ1n) is 4.89. The number of likely N-dealkylation sites (N-methyl/N-ethyl adjacent to an activating group) is 2. The standard InChI is InChI=1S/C10H22N2OS.ClH/c1-10(2,3)14-8-9(13)12(5)7-6-11-4;/h11H,6-8H2,1-5H3;1H. The first-order valence-corrected chi connectivity index (χ1v) is 5.88. The lowest BCUT2D eigenvalue weighted by Gasteiger charge is -2.21. The predicted molar refractivity (Wildman–Crippen MR) is 71.0 cm³/mol. The number of halogens is 1. The van der Waals surface area contributed by atoms with Crippen molar-refractivity contribution in [1.82, 2.24) is 10.2 Å². The van der Waals surface area contributed by atoms with Crippen LogP contribution in [0, 0.1) is 0 Å². The SMILES string of the molecule is CNCCN(C)C(=O)CSC(C)(C)C.Cl. The second kappa shape index (κ2) is 8.25. The summed E-state index contributed by atoms with van der Waals surface area (Å²) in [6.45, 7) is 8.00. The van der Waals surface area contributed by atoms with E-state index >= 15 is 0 Å². The van der Waals surface area contributed by atoms with Crippen LogP contribution >= 0.6 is 24.2 Å². The molecular weight excluding hydrogens is 232 g/mol. The van der Waals surface area contributed by atoms with Crippen molar-refractivity contribution in [2.75, 3.05) is 32.9 Å². The van der Waals surface area contributed by atoms with Crippen molar-refractivity contribution in [3.8, 4) is 0 Å². The highest BCUT2D eigenvalue weighted by Crippen LogP contribution is 2.22. The molecule has 92 valence electrons. The molecule has 5 heteroatoms. The molecule has 0 unspecified atom stereocenters. The van der Waals surface area contributed by atoms with Crippen molar-refractivity contribution in [2.45, 2.75) is 25.5 Å². The molecule has 0 atom stereocenters. The Morgan fingerprint density at radius 2 is 1.93 bits per heavy atom. The summed E-state index contributed by atoms with van der Waals surface area (Å²) in [7, 11) is 3.74. The average Bonchev–Trinajstić information content (AvgIpc) is 2.09. The van der Waals surface area contributed by atoms with E-state index in [2.05, 4.69) is 26.1 Å². The Kier molecular flexibility index (Phi) is 9.60. The maximum atomic E-state index is 11.6. The number of hydrogen-bond acceptors (Lipinski definition) is 3. The van der Waals surface area contributed by atoms with Gasteiger partial charge in [0.15, 0.2) is 0 Å². The van der Waals surface area contributed by atoms with Gasteiger partial charge in [-0.05, 0) is 7.05 Å². The van der Waals surface area contributed by atoms with Gasteiger partial charge in [-0.25, -0.2) is 0 Å². The number of amides is 1. The predicted octanol–water partition coefficient (Wildman–Crippen LogP) is 1.62. The van der Waals surface area contributed by atoms with Crippen LogP contribution in [0.25, 0.3) is 0 Å². The van der Waals surface area contributed by atoms with Crippen molar-refractivity contribution in [2.24, 2.45) is 0 Å². The summed E-state index contributed by atoms with van der Waals surface area (Å²) in [4.78, 5) is 13.3. The zero-order chi connectivity index (χ0) is 11.2. The van der Waals surface area contributed by atoms with Crippen LogP contribution < -0.4 is 5.32 Å². The van der Waals surface area contributed by atoms with E-state index in [1.807, 2.05) is 14.1 Å². The first kappa shape index (κ1) is 17.5. The minimum Gasteiger partial charge on any atom is -0.344 e. The Bertz CT molecular complexity index is 183. The van der Waals surface area contributed by atoms with Crippen LogP contribution in [-0.2, 0) is 4.79 Å². The van der Waals surface area contributed by atoms with E-state index < -0.39 is 0 Å². The summed E-state index contributed by atoms with van der Waals surface area (Å²) < 4.78 is 0.166. The van der Waals surface area contributed by atoms with Crippen molar-refractivity contribution >= 4 is 30.1 Å². The zero-order valence-electron chi connectivity index (χ0n) is 10.3. The highest BCUT2D eigenvalue weighted by molar-refractivity contribution is 8.01. The lowest BCUT2D eigenvalue weighted by atomic mass is 10.3. The van der Waals surface area contributed by atoms with Crippen molar-refractivity contribution < 1.29 is 4.79 Å². The second-order valence-electron chi connectivity index (χ2n) is 4.32. The zero-order valence-corrected chi connectivity index (χ0v) is 11.9. The van der Waals surface area contributed by atoms with Gasteiger partial charge in [-0.1, -0.05) is 20.8 Å². The number of carbonyl (C=O) groups excluding carboxylic acids is 1. The van der Waals surface area contributed by atoms with E-state index in [1.165, 1.54) is 0 Å². The molecule has 0 aromatic heterocycles. The van der Waals surface area contributed by atoms with Gasteiger partial charge in [-0.3, -0.25) is 4.79 Å². The van der Waals surface area contributed by atoms with E-state index in [9.17, 15) is 4.79 Å². The number of carbonyl (C=O) groups is 1. The fourth-order valence-corrected chi connectivity index (χ4v) is 1.57. The van der Waals surface area contributed by atoms with E-state index in [0.29, 0.717) is 5.75 Å². The summed E-state index contributed by atoms with van der Waals surface area (Å²) >= 11 is 1.69. The third kappa shape index (κ3) is 10.4. The van der Waals surface area contributed by atoms with Gasteiger partial charge in [-0.15, -0.1) is 24.2 Å². The monoisotopic (exact) mass is 254 g/mol. The fraction of sp³-hybridized carbons (Fsp3) is 0.900. The number of nitrogens with one attached hydrogen (secondary N) is 1. The van der Waals surface area contributed by atoms with Gasteiger partial charge in [0.2, 0.25) is 5.91 Å². The minimum absolute atomic E-state index is 0. The van der Waals surface area contributed by atoms with Crippen LogP contribution in [-0.4, -0.2) is 48.5 Å². The molecule has 0 rings (SSSR count). The minimum atomic E-state index is 0. The molecule has 0 radical (unpaired) electrons. The summed E-state index contributed by atoms with van der Waals surface area (Å²) in [6.07, 6.45) is 0. The molecular formula is C10H23ClN2OS. The number of hydrogen-bond donors (Lipinski definition) is 1. The topological polar surface area (TPSA) is 32.3 Å². The third-order valence-corrected chi connectivity index (χ3v) is 3.01. The van der Waals surface area contributed by atoms with Gasteiger partial charge in [0.1, 0.15) is 0 Å². The van der Waals surface area contributed by atoms with E-state index in [4.69, 9.17) is 0 Å². The Morgan fingerprint density at radius 3 is 2.33 bits per heavy atom. The van der Waals surface area contributed by atoms with Crippen molar-refractivity contribution in [3.63, 3.8) is 0 Å². The maximum Gasteiger partial charge on any atom is 0.232 e. The molecule has 0 aliphatic rings. The molecule has 0 fully saturated rings. The van der Waals surface area contributed by atoms with Gasteiger partial charge in [0.25, 0.3) is 0 Å². The molecule has 0 aliphatic carbocycles. The van der Waals surface area contributed by atoms with Crippen LogP contribution in [0.3, 0.4) is 0 Å². The maximum absolute atomic E-state index is 11.6. The summed E-state index contributed by atoms with van der Waals surface area (Å²) in [6, 6.07) is 0. The quantitative estimate of drug-likeness (QED) is 0.809. The lowest BCUT2D eigenvalue weighted by molar-refractivity contribution is -0.127. The molecule has 3 nitrogen and oxygen atoms in total. The fourth-order valence-electron chi connectivity index (χ4n) is 0.793. The average molecular weight is 255 g/mol. The molecule has 0 aromatic carbocycles. The number of nitrogens with zero attached hydrogens (tertiary/aromatic N) is 1. The molecule has 0 saturated heterocycles. The van der Waals surface area contributed by atoms with Crippen LogP contribution in [0.1, 0.15) is 20.8 Å². The van der Waals surface area contributed by atoms with Crippen molar-refractivity contribution in [3.05, 3.63) is 0 Å². The molecule has 0 aliphatic heterocycles. The Labute approximate surface area is 104 Å². The molecule has 0 heterocycles. The van der Waals surface area contributed by atoms with E-state index in [-0.39, 0.29) is 23.1 Å². The van der Waals surface area contributed by atoms with Crippen LogP contribution in [0.4, 0.5) is 0 Å². The van der Waals surface area contributed by atoms with Crippen LogP contribution in [0.15, 0.2) is 0 Å². The van der Waals surface area contributed by atoms with Crippen LogP contribution in [0.2, 0.25) is 0 Å². The largest absolute Gasteiger partial charge is 0.344 e. The second-order valence-corrected chi connectivity index (χ2v) is 6.12. The summed E-state index contributed by atoms with van der Waals surface area (Å²) in [5.41, 5.74) is 0. The Balaban J connectivity index is 0. The lowest BCUT2D eigenvalue weighted by Crippen LogP contribution is -2.34. The van der Waals surface area contributed by atoms with E-state index in [0.717, 1.165) is 13.1 Å². The molecule has 1 N–H and O–H groups in total. The molecule has 0 saturated carbocycles. The Hall–Kier alpha value is 0.0700. The smallest absolute Gasteiger partial charge is 0.232 e. The summed E-state index contributed by atoms with van der Waals surface area (Å²) in [5, 5.41) is 3.03. The van der Waals surface area contributed by atoms with Gasteiger partial charge < -0.3 is 10.2 Å². The number of thioether (sulfide) groups is 1. The molecule has 0 spiro atoms. The van der Waals surface area contributed by atoms with Gasteiger partial charge in [-0.2, -0.15) is 0 Å². The third-order valence-electron chi connectivity index (χ3n) is 1.75. The number of rotatable bonds is 5. The summed E-state index contributed by atoms with van der Waals surface area (Å²) in [5.74, 6) is 0.782. The highest BCUT2D eigenvalue weighted by Gasteiger charge is 2.15. The first-order chi connectivity index (χ1) is 6.37. The van der Waals surface area contributed by atoms with Crippen LogP contribution in [0.5, 0.6) is 0 Å².